The Hall–Kier alpha value is -0.480. The average Bonchev–Trinajstić information content (AvgIpc) is 2.80. The van der Waals surface area contributed by atoms with Crippen LogP contribution in [0.15, 0.2) is 14.7 Å². The van der Waals surface area contributed by atoms with Crippen LogP contribution in [-0.2, 0) is 10.0 Å². The Balaban J connectivity index is 2.71. The molecule has 0 atom stereocenters. The van der Waals surface area contributed by atoms with E-state index in [0.717, 1.165) is 30.8 Å². The highest BCUT2D eigenvalue weighted by molar-refractivity contribution is 9.11. The van der Waals surface area contributed by atoms with Crippen molar-refractivity contribution in [3.8, 4) is 0 Å². The summed E-state index contributed by atoms with van der Waals surface area (Å²) >= 11 is 4.00. The fourth-order valence-corrected chi connectivity index (χ4v) is 5.22. The number of likely N-dealkylation sites (N-methyl/N-ethyl adjacent to an activating group) is 1. The number of aromatic carboxylic acids is 1. The molecule has 0 saturated heterocycles. The Bertz CT molecular complexity index is 586. The Morgan fingerprint density at radius 2 is 2.10 bits per heavy atom. The molecule has 0 radical (unpaired) electrons. The molecule has 0 amide bonds. The number of halogens is 1. The third-order valence-electron chi connectivity index (χ3n) is 2.86. The van der Waals surface area contributed by atoms with E-state index < -0.39 is 16.0 Å². The van der Waals surface area contributed by atoms with Gasteiger partial charge in [0.2, 0.25) is 10.0 Å². The highest BCUT2D eigenvalue weighted by Gasteiger charge is 2.22. The summed E-state index contributed by atoms with van der Waals surface area (Å²) in [5, 5.41) is 8.90. The van der Waals surface area contributed by atoms with Gasteiger partial charge in [-0.05, 0) is 41.5 Å². The van der Waals surface area contributed by atoms with Crippen molar-refractivity contribution < 1.29 is 18.3 Å². The Kier molecular flexibility index (Phi) is 7.28. The van der Waals surface area contributed by atoms with Crippen molar-refractivity contribution in [1.29, 1.82) is 0 Å². The molecule has 0 bridgehead atoms. The molecule has 0 saturated carbocycles. The molecule has 1 heterocycles. The van der Waals surface area contributed by atoms with E-state index in [1.54, 1.807) is 0 Å². The monoisotopic (exact) mass is 398 g/mol. The number of thiophene rings is 1. The number of carboxylic acid groups (broad SMARTS) is 1. The molecule has 21 heavy (non-hydrogen) atoms. The van der Waals surface area contributed by atoms with E-state index >= 15 is 0 Å². The van der Waals surface area contributed by atoms with Gasteiger partial charge in [-0.2, -0.15) is 0 Å². The van der Waals surface area contributed by atoms with Gasteiger partial charge in [0.1, 0.15) is 9.77 Å². The lowest BCUT2D eigenvalue weighted by molar-refractivity contribution is 0.0702. The first-order valence-electron chi connectivity index (χ1n) is 6.56. The zero-order chi connectivity index (χ0) is 16.0. The number of hydrogen-bond donors (Lipinski definition) is 2. The van der Waals surface area contributed by atoms with Crippen molar-refractivity contribution in [3.63, 3.8) is 0 Å². The summed E-state index contributed by atoms with van der Waals surface area (Å²) in [6.07, 6.45) is 1.01. The quantitative estimate of drug-likeness (QED) is 0.665. The maximum absolute atomic E-state index is 12.2. The molecule has 6 nitrogen and oxygen atoms in total. The zero-order valence-electron chi connectivity index (χ0n) is 11.9. The van der Waals surface area contributed by atoms with Gasteiger partial charge in [0.05, 0.1) is 3.79 Å². The number of nitrogens with zero attached hydrogens (tertiary/aromatic N) is 1. The number of carbonyl (C=O) groups is 1. The minimum absolute atomic E-state index is 0.0107. The van der Waals surface area contributed by atoms with Gasteiger partial charge in [-0.3, -0.25) is 0 Å². The number of hydrogen-bond acceptors (Lipinski definition) is 5. The second kappa shape index (κ2) is 8.23. The molecule has 0 aromatic carbocycles. The van der Waals surface area contributed by atoms with Crippen LogP contribution in [0, 0.1) is 0 Å². The SMILES string of the molecule is CCCN(CC)CCNS(=O)(=O)c1cc(C(=O)O)sc1Br. The van der Waals surface area contributed by atoms with Gasteiger partial charge in [0.15, 0.2) is 0 Å². The molecule has 0 spiro atoms. The van der Waals surface area contributed by atoms with E-state index in [1.807, 2.05) is 6.92 Å². The maximum Gasteiger partial charge on any atom is 0.345 e. The van der Waals surface area contributed by atoms with Crippen molar-refractivity contribution >= 4 is 43.3 Å². The normalized spacial score (nSPS) is 12.0. The molecule has 0 unspecified atom stereocenters. The van der Waals surface area contributed by atoms with Crippen LogP contribution >= 0.6 is 27.3 Å². The molecule has 1 aromatic heterocycles. The van der Waals surface area contributed by atoms with Crippen molar-refractivity contribution in [2.45, 2.75) is 25.2 Å². The van der Waals surface area contributed by atoms with Gasteiger partial charge in [-0.25, -0.2) is 17.9 Å². The van der Waals surface area contributed by atoms with Gasteiger partial charge >= 0.3 is 5.97 Å². The molecule has 1 aromatic rings. The second-order valence-corrected chi connectivity index (χ2v) is 8.49. The standard InChI is InChI=1S/C12H19BrN2O4S2/c1-3-6-15(4-2)7-5-14-21(18,19)10-8-9(12(16)17)20-11(10)13/h8,14H,3-7H2,1-2H3,(H,16,17). The number of nitrogens with one attached hydrogen (secondary N) is 1. The fourth-order valence-electron chi connectivity index (χ4n) is 1.80. The summed E-state index contributed by atoms with van der Waals surface area (Å²) in [6, 6.07) is 1.17. The van der Waals surface area contributed by atoms with E-state index in [2.05, 4.69) is 32.5 Å². The summed E-state index contributed by atoms with van der Waals surface area (Å²) in [5.41, 5.74) is 0. The molecule has 0 aliphatic rings. The molecular weight excluding hydrogens is 380 g/mol. The molecule has 1 rings (SSSR count). The smallest absolute Gasteiger partial charge is 0.345 e. The number of carboxylic acids is 1. The fraction of sp³-hybridized carbons (Fsp3) is 0.583. The topological polar surface area (TPSA) is 86.7 Å². The Morgan fingerprint density at radius 1 is 1.43 bits per heavy atom. The Labute approximate surface area is 137 Å². The lowest BCUT2D eigenvalue weighted by Gasteiger charge is -2.19. The van der Waals surface area contributed by atoms with E-state index in [-0.39, 0.29) is 9.77 Å². The van der Waals surface area contributed by atoms with E-state index in [0.29, 0.717) is 16.9 Å². The van der Waals surface area contributed by atoms with Gasteiger partial charge in [-0.1, -0.05) is 13.8 Å². The molecular formula is C12H19BrN2O4S2. The Morgan fingerprint density at radius 3 is 2.57 bits per heavy atom. The third-order valence-corrected chi connectivity index (χ3v) is 6.56. The van der Waals surface area contributed by atoms with Crippen LogP contribution in [0.4, 0.5) is 0 Å². The number of rotatable bonds is 9. The van der Waals surface area contributed by atoms with Crippen LogP contribution < -0.4 is 4.72 Å². The highest BCUT2D eigenvalue weighted by atomic mass is 79.9. The first kappa shape index (κ1) is 18.6. The predicted molar refractivity (Wildman–Crippen MR) is 86.6 cm³/mol. The van der Waals surface area contributed by atoms with Crippen LogP contribution in [0.25, 0.3) is 0 Å². The van der Waals surface area contributed by atoms with Gasteiger partial charge < -0.3 is 10.0 Å². The molecule has 0 aliphatic heterocycles. The minimum atomic E-state index is -3.70. The van der Waals surface area contributed by atoms with Crippen LogP contribution in [0.3, 0.4) is 0 Å². The first-order valence-corrected chi connectivity index (χ1v) is 9.65. The summed E-state index contributed by atoms with van der Waals surface area (Å²) < 4.78 is 27.1. The summed E-state index contributed by atoms with van der Waals surface area (Å²) in [4.78, 5) is 13.0. The zero-order valence-corrected chi connectivity index (χ0v) is 15.1. The molecule has 0 fully saturated rings. The molecule has 9 heteroatoms. The van der Waals surface area contributed by atoms with E-state index in [9.17, 15) is 13.2 Å². The van der Waals surface area contributed by atoms with Crippen LogP contribution in [-0.4, -0.2) is 50.6 Å². The largest absolute Gasteiger partial charge is 0.477 e. The molecule has 0 aliphatic carbocycles. The lowest BCUT2D eigenvalue weighted by atomic mass is 10.4. The molecule has 2 N–H and O–H groups in total. The third kappa shape index (κ3) is 5.33. The van der Waals surface area contributed by atoms with Crippen molar-refractivity contribution in [2.75, 3.05) is 26.2 Å². The molecule has 120 valence electrons. The average molecular weight is 399 g/mol. The van der Waals surface area contributed by atoms with Crippen molar-refractivity contribution in [3.05, 3.63) is 14.7 Å². The van der Waals surface area contributed by atoms with Crippen LogP contribution in [0.2, 0.25) is 0 Å². The van der Waals surface area contributed by atoms with Crippen molar-refractivity contribution in [1.82, 2.24) is 9.62 Å². The second-order valence-electron chi connectivity index (χ2n) is 4.39. The predicted octanol–water partition coefficient (Wildman–Crippen LogP) is 2.22. The van der Waals surface area contributed by atoms with Crippen LogP contribution in [0.5, 0.6) is 0 Å². The summed E-state index contributed by atoms with van der Waals surface area (Å²) in [7, 11) is -3.70. The highest BCUT2D eigenvalue weighted by Crippen LogP contribution is 2.31. The minimum Gasteiger partial charge on any atom is -0.477 e. The lowest BCUT2D eigenvalue weighted by Crippen LogP contribution is -2.35. The first-order chi connectivity index (χ1) is 9.81. The van der Waals surface area contributed by atoms with Gasteiger partial charge in [-0.15, -0.1) is 11.3 Å². The van der Waals surface area contributed by atoms with Gasteiger partial charge in [0, 0.05) is 13.1 Å². The van der Waals surface area contributed by atoms with Crippen molar-refractivity contribution in [2.24, 2.45) is 0 Å². The van der Waals surface area contributed by atoms with E-state index in [1.165, 1.54) is 6.07 Å². The number of sulfonamides is 1. The maximum atomic E-state index is 12.2. The van der Waals surface area contributed by atoms with Gasteiger partial charge in [0.25, 0.3) is 0 Å². The summed E-state index contributed by atoms with van der Waals surface area (Å²) in [6.45, 7) is 6.80. The van der Waals surface area contributed by atoms with Crippen LogP contribution in [0.1, 0.15) is 29.9 Å². The van der Waals surface area contributed by atoms with E-state index in [4.69, 9.17) is 5.11 Å². The summed E-state index contributed by atoms with van der Waals surface area (Å²) in [5.74, 6) is -1.14.